The van der Waals surface area contributed by atoms with Gasteiger partial charge in [-0.25, -0.2) is 4.98 Å². The molecule has 1 aliphatic heterocycles. The van der Waals surface area contributed by atoms with Crippen molar-refractivity contribution in [1.82, 2.24) is 9.88 Å². The Hall–Kier alpha value is -3.97. The van der Waals surface area contributed by atoms with Crippen LogP contribution in [-0.2, 0) is 4.79 Å². The van der Waals surface area contributed by atoms with Crippen LogP contribution in [0.15, 0.2) is 84.9 Å². The van der Waals surface area contributed by atoms with Crippen LogP contribution in [0.25, 0.3) is 21.8 Å². The maximum Gasteiger partial charge on any atom is 0.270 e. The summed E-state index contributed by atoms with van der Waals surface area (Å²) in [6.07, 6.45) is -0.782. The van der Waals surface area contributed by atoms with Crippen LogP contribution in [0.5, 0.6) is 5.75 Å². The summed E-state index contributed by atoms with van der Waals surface area (Å²) in [5, 5.41) is 0.769. The van der Waals surface area contributed by atoms with Gasteiger partial charge in [0, 0.05) is 25.2 Å². The molecular formula is C27H23N3O3S. The van der Waals surface area contributed by atoms with Gasteiger partial charge in [0.25, 0.3) is 11.8 Å². The molecule has 0 radical (unpaired) electrons. The lowest BCUT2D eigenvalue weighted by atomic mass is 10.1. The van der Waals surface area contributed by atoms with Crippen molar-refractivity contribution in [3.8, 4) is 27.6 Å². The minimum Gasteiger partial charge on any atom is -0.476 e. The molecule has 0 spiro atoms. The normalized spacial score (nSPS) is 14.8. The summed E-state index contributed by atoms with van der Waals surface area (Å²) in [5.74, 6) is 0.118. The molecule has 0 N–H and O–H groups in total. The number of aromatic nitrogens is 1. The zero-order valence-corrected chi connectivity index (χ0v) is 19.7. The average Bonchev–Trinajstić information content (AvgIpc) is 3.34. The number of nitrogens with zero attached hydrogens (tertiary/aromatic N) is 3. The highest BCUT2D eigenvalue weighted by Crippen LogP contribution is 2.39. The number of likely N-dealkylation sites (N-methyl/N-ethyl adjacent to an activating group) is 1. The zero-order chi connectivity index (χ0) is 23.7. The third-order valence-electron chi connectivity index (χ3n) is 5.62. The Morgan fingerprint density at radius 3 is 2.21 bits per heavy atom. The van der Waals surface area contributed by atoms with Gasteiger partial charge >= 0.3 is 0 Å². The van der Waals surface area contributed by atoms with Crippen molar-refractivity contribution in [2.75, 3.05) is 25.5 Å². The van der Waals surface area contributed by atoms with E-state index in [2.05, 4.69) is 0 Å². The van der Waals surface area contributed by atoms with Gasteiger partial charge in [0.15, 0.2) is 6.10 Å². The van der Waals surface area contributed by atoms with Gasteiger partial charge in [-0.3, -0.25) is 14.5 Å². The summed E-state index contributed by atoms with van der Waals surface area (Å²) in [5.41, 5.74) is 3.09. The molecule has 0 bridgehead atoms. The quantitative estimate of drug-likeness (QED) is 0.423. The Morgan fingerprint density at radius 1 is 0.912 bits per heavy atom. The Labute approximate surface area is 202 Å². The lowest BCUT2D eigenvalue weighted by molar-refractivity contribution is -0.135. The van der Waals surface area contributed by atoms with E-state index < -0.39 is 6.10 Å². The van der Waals surface area contributed by atoms with E-state index in [-0.39, 0.29) is 18.4 Å². The van der Waals surface area contributed by atoms with E-state index in [4.69, 9.17) is 9.72 Å². The minimum atomic E-state index is -0.782. The van der Waals surface area contributed by atoms with E-state index >= 15 is 0 Å². The van der Waals surface area contributed by atoms with Crippen molar-refractivity contribution in [1.29, 1.82) is 0 Å². The first kappa shape index (κ1) is 21.9. The lowest BCUT2D eigenvalue weighted by Gasteiger charge is -2.35. The minimum absolute atomic E-state index is 0.125. The zero-order valence-electron chi connectivity index (χ0n) is 18.8. The Bertz CT molecular complexity index is 1340. The molecule has 7 heteroatoms. The largest absolute Gasteiger partial charge is 0.476 e. The SMILES string of the molecule is CN(C)C(=O)[C@H]1CN(C(=O)c2sc(-c3ccccc3)nc2-c2ccccc2)c2ccccc2O1. The number of benzene rings is 3. The van der Waals surface area contributed by atoms with Crippen LogP contribution in [0.3, 0.4) is 0 Å². The van der Waals surface area contributed by atoms with Crippen LogP contribution in [0.4, 0.5) is 5.69 Å². The number of rotatable bonds is 4. The number of amides is 2. The van der Waals surface area contributed by atoms with Gasteiger partial charge < -0.3 is 9.64 Å². The summed E-state index contributed by atoms with van der Waals surface area (Å²) in [6.45, 7) is 0.125. The van der Waals surface area contributed by atoms with E-state index in [0.29, 0.717) is 22.0 Å². The maximum absolute atomic E-state index is 14.1. The van der Waals surface area contributed by atoms with E-state index in [1.165, 1.54) is 16.2 Å². The van der Waals surface area contributed by atoms with Gasteiger partial charge in [-0.15, -0.1) is 11.3 Å². The van der Waals surface area contributed by atoms with Gasteiger partial charge in [-0.05, 0) is 12.1 Å². The molecule has 2 amide bonds. The molecule has 0 saturated carbocycles. The fraction of sp³-hybridized carbons (Fsp3) is 0.148. The number of hydrogen-bond donors (Lipinski definition) is 0. The summed E-state index contributed by atoms with van der Waals surface area (Å²) >= 11 is 1.36. The number of anilines is 1. The molecule has 3 aromatic carbocycles. The second-order valence-electron chi connectivity index (χ2n) is 8.15. The van der Waals surface area contributed by atoms with Crippen molar-refractivity contribution in [3.63, 3.8) is 0 Å². The highest BCUT2D eigenvalue weighted by atomic mass is 32.1. The fourth-order valence-corrected chi connectivity index (χ4v) is 4.97. The van der Waals surface area contributed by atoms with Gasteiger partial charge in [0.05, 0.1) is 17.9 Å². The summed E-state index contributed by atoms with van der Waals surface area (Å²) in [4.78, 5) is 35.3. The molecule has 2 heterocycles. The molecule has 34 heavy (non-hydrogen) atoms. The first-order valence-electron chi connectivity index (χ1n) is 10.9. The maximum atomic E-state index is 14.1. The molecule has 0 aliphatic carbocycles. The van der Waals surface area contributed by atoms with Crippen LogP contribution >= 0.6 is 11.3 Å². The Kier molecular flexibility index (Phi) is 5.86. The van der Waals surface area contributed by atoms with Crippen LogP contribution in [0.2, 0.25) is 0 Å². The topological polar surface area (TPSA) is 62.7 Å². The molecule has 1 aliphatic rings. The highest BCUT2D eigenvalue weighted by Gasteiger charge is 2.36. The average molecular weight is 470 g/mol. The van der Waals surface area contributed by atoms with Crippen LogP contribution in [-0.4, -0.2) is 48.4 Å². The first-order valence-corrected chi connectivity index (χ1v) is 11.7. The summed E-state index contributed by atoms with van der Waals surface area (Å²) in [6, 6.07) is 26.8. The molecule has 4 aromatic rings. The van der Waals surface area contributed by atoms with E-state index in [9.17, 15) is 9.59 Å². The highest BCUT2D eigenvalue weighted by molar-refractivity contribution is 7.17. The fourth-order valence-electron chi connectivity index (χ4n) is 3.93. The van der Waals surface area contributed by atoms with Crippen molar-refractivity contribution >= 4 is 28.8 Å². The third-order valence-corrected chi connectivity index (χ3v) is 6.72. The molecule has 0 fully saturated rings. The number of thiazole rings is 1. The number of carbonyl (C=O) groups is 2. The van der Waals surface area contributed by atoms with Crippen molar-refractivity contribution in [2.24, 2.45) is 0 Å². The molecule has 170 valence electrons. The lowest BCUT2D eigenvalue weighted by Crippen LogP contribution is -2.50. The van der Waals surface area contributed by atoms with Gasteiger partial charge in [-0.2, -0.15) is 0 Å². The van der Waals surface area contributed by atoms with Crippen molar-refractivity contribution < 1.29 is 14.3 Å². The van der Waals surface area contributed by atoms with Gasteiger partial charge in [-0.1, -0.05) is 72.8 Å². The van der Waals surface area contributed by atoms with Crippen molar-refractivity contribution in [3.05, 3.63) is 89.8 Å². The third kappa shape index (κ3) is 4.06. The molecule has 0 saturated heterocycles. The number of hydrogen-bond acceptors (Lipinski definition) is 5. The molecule has 6 nitrogen and oxygen atoms in total. The number of carbonyl (C=O) groups excluding carboxylic acids is 2. The van der Waals surface area contributed by atoms with E-state index in [1.807, 2.05) is 78.9 Å². The predicted molar refractivity (Wildman–Crippen MR) is 134 cm³/mol. The number of fused-ring (bicyclic) bond motifs is 1. The van der Waals surface area contributed by atoms with E-state index in [1.54, 1.807) is 25.1 Å². The second kappa shape index (κ2) is 9.11. The van der Waals surface area contributed by atoms with Crippen LogP contribution in [0.1, 0.15) is 9.67 Å². The number of ether oxygens (including phenoxy) is 1. The second-order valence-corrected chi connectivity index (χ2v) is 9.15. The van der Waals surface area contributed by atoms with Gasteiger partial charge in [0.1, 0.15) is 15.6 Å². The van der Waals surface area contributed by atoms with Gasteiger partial charge in [0.2, 0.25) is 0 Å². The molecule has 1 aromatic heterocycles. The molecule has 5 rings (SSSR count). The van der Waals surface area contributed by atoms with Crippen LogP contribution in [0, 0.1) is 0 Å². The molecular weight excluding hydrogens is 446 g/mol. The predicted octanol–water partition coefficient (Wildman–Crippen LogP) is 4.97. The molecule has 1 atom stereocenters. The Morgan fingerprint density at radius 2 is 1.53 bits per heavy atom. The van der Waals surface area contributed by atoms with Crippen molar-refractivity contribution in [2.45, 2.75) is 6.10 Å². The smallest absolute Gasteiger partial charge is 0.270 e. The van der Waals surface area contributed by atoms with Crippen LogP contribution < -0.4 is 9.64 Å². The standard InChI is InChI=1S/C27H23N3O3S/c1-29(2)26(31)22-17-30(20-15-9-10-16-21(20)33-22)27(32)24-23(18-11-5-3-6-12-18)28-25(34-24)19-13-7-4-8-14-19/h3-16,22H,17H2,1-2H3/t22-/m1/s1. The van der Waals surface area contributed by atoms with E-state index in [0.717, 1.165) is 16.1 Å². The molecule has 0 unspecified atom stereocenters. The number of para-hydroxylation sites is 2. The Balaban J connectivity index is 1.61. The monoisotopic (exact) mass is 469 g/mol. The summed E-state index contributed by atoms with van der Waals surface area (Å²) in [7, 11) is 3.36. The summed E-state index contributed by atoms with van der Waals surface area (Å²) < 4.78 is 5.96. The first-order chi connectivity index (χ1) is 16.5.